The summed E-state index contributed by atoms with van der Waals surface area (Å²) in [7, 11) is 2.02. The Hall–Kier alpha value is -0.870. The van der Waals surface area contributed by atoms with Crippen LogP contribution in [0.3, 0.4) is 0 Å². The van der Waals surface area contributed by atoms with Gasteiger partial charge in [0.05, 0.1) is 6.04 Å². The molecule has 1 atom stereocenters. The van der Waals surface area contributed by atoms with E-state index in [4.69, 9.17) is 4.74 Å². The highest BCUT2D eigenvalue weighted by Gasteiger charge is 2.08. The Balaban J connectivity index is 2.11. The third-order valence-electron chi connectivity index (χ3n) is 2.62. The lowest BCUT2D eigenvalue weighted by Gasteiger charge is -2.13. The highest BCUT2D eigenvalue weighted by Crippen LogP contribution is 2.07. The summed E-state index contributed by atoms with van der Waals surface area (Å²) in [5, 5.41) is 3.46. The minimum Gasteiger partial charge on any atom is -0.382 e. The standard InChI is InChI=1S/C12H23N3O/c1-4-16-10-6-5-7-13-11(2)12-14-8-9-15(12)3/h8-9,11,13H,4-7,10H2,1-3H3. The van der Waals surface area contributed by atoms with Gasteiger partial charge in [0.25, 0.3) is 0 Å². The topological polar surface area (TPSA) is 39.1 Å². The molecular formula is C12H23N3O. The predicted octanol–water partition coefficient (Wildman–Crippen LogP) is 1.89. The number of ether oxygens (including phenoxy) is 1. The van der Waals surface area contributed by atoms with Crippen LogP contribution in [0.4, 0.5) is 0 Å². The van der Waals surface area contributed by atoms with Crippen molar-refractivity contribution in [3.8, 4) is 0 Å². The van der Waals surface area contributed by atoms with Crippen molar-refractivity contribution in [3.05, 3.63) is 18.2 Å². The van der Waals surface area contributed by atoms with Crippen molar-refractivity contribution in [1.29, 1.82) is 0 Å². The molecule has 4 nitrogen and oxygen atoms in total. The zero-order chi connectivity index (χ0) is 11.8. The van der Waals surface area contributed by atoms with Gasteiger partial charge in [-0.1, -0.05) is 0 Å². The van der Waals surface area contributed by atoms with Gasteiger partial charge in [-0.3, -0.25) is 0 Å². The van der Waals surface area contributed by atoms with E-state index < -0.39 is 0 Å². The Morgan fingerprint density at radius 3 is 2.94 bits per heavy atom. The molecule has 0 aromatic carbocycles. The van der Waals surface area contributed by atoms with Crippen LogP contribution in [0, 0.1) is 0 Å². The smallest absolute Gasteiger partial charge is 0.125 e. The van der Waals surface area contributed by atoms with Crippen molar-refractivity contribution >= 4 is 0 Å². The summed E-state index contributed by atoms with van der Waals surface area (Å²) in [6.07, 6.45) is 6.08. The van der Waals surface area contributed by atoms with Crippen LogP contribution in [-0.4, -0.2) is 29.3 Å². The molecule has 1 unspecified atom stereocenters. The van der Waals surface area contributed by atoms with Crippen LogP contribution in [-0.2, 0) is 11.8 Å². The van der Waals surface area contributed by atoms with E-state index in [-0.39, 0.29) is 0 Å². The number of nitrogens with one attached hydrogen (secondary N) is 1. The maximum atomic E-state index is 5.29. The number of nitrogens with zero attached hydrogens (tertiary/aromatic N) is 2. The zero-order valence-electron chi connectivity index (χ0n) is 10.6. The first-order chi connectivity index (χ1) is 7.75. The summed E-state index contributed by atoms with van der Waals surface area (Å²) in [5.74, 6) is 1.09. The number of imidazole rings is 1. The molecule has 1 heterocycles. The summed E-state index contributed by atoms with van der Waals surface area (Å²) in [6, 6.07) is 0.312. The van der Waals surface area contributed by atoms with Crippen molar-refractivity contribution in [2.75, 3.05) is 19.8 Å². The summed E-state index contributed by atoms with van der Waals surface area (Å²) in [6.45, 7) is 6.87. The monoisotopic (exact) mass is 225 g/mol. The van der Waals surface area contributed by atoms with Crippen molar-refractivity contribution in [2.24, 2.45) is 7.05 Å². The molecule has 0 aliphatic heterocycles. The van der Waals surface area contributed by atoms with Gasteiger partial charge in [0.2, 0.25) is 0 Å². The van der Waals surface area contributed by atoms with Crippen LogP contribution in [0.25, 0.3) is 0 Å². The van der Waals surface area contributed by atoms with Gasteiger partial charge in [0, 0.05) is 32.7 Å². The summed E-state index contributed by atoms with van der Waals surface area (Å²) in [4.78, 5) is 4.32. The molecule has 92 valence electrons. The molecule has 4 heteroatoms. The molecule has 0 radical (unpaired) electrons. The zero-order valence-corrected chi connectivity index (χ0v) is 10.6. The largest absolute Gasteiger partial charge is 0.382 e. The van der Waals surface area contributed by atoms with Crippen LogP contribution >= 0.6 is 0 Å². The predicted molar refractivity (Wildman–Crippen MR) is 65.4 cm³/mol. The Morgan fingerprint density at radius 1 is 1.50 bits per heavy atom. The van der Waals surface area contributed by atoms with Crippen LogP contribution in [0.15, 0.2) is 12.4 Å². The Bertz CT molecular complexity index is 286. The summed E-state index contributed by atoms with van der Waals surface area (Å²) < 4.78 is 7.34. The SMILES string of the molecule is CCOCCCCNC(C)c1nccn1C. The van der Waals surface area contributed by atoms with Crippen molar-refractivity contribution in [1.82, 2.24) is 14.9 Å². The highest BCUT2D eigenvalue weighted by atomic mass is 16.5. The third-order valence-corrected chi connectivity index (χ3v) is 2.62. The lowest BCUT2D eigenvalue weighted by molar-refractivity contribution is 0.143. The van der Waals surface area contributed by atoms with E-state index in [9.17, 15) is 0 Å². The maximum absolute atomic E-state index is 5.29. The maximum Gasteiger partial charge on any atom is 0.125 e. The van der Waals surface area contributed by atoms with Crippen molar-refractivity contribution < 1.29 is 4.74 Å². The van der Waals surface area contributed by atoms with Crippen LogP contribution in [0.1, 0.15) is 38.6 Å². The molecule has 0 aliphatic carbocycles. The van der Waals surface area contributed by atoms with Gasteiger partial charge in [-0.15, -0.1) is 0 Å². The van der Waals surface area contributed by atoms with E-state index >= 15 is 0 Å². The summed E-state index contributed by atoms with van der Waals surface area (Å²) in [5.41, 5.74) is 0. The Labute approximate surface area is 98.0 Å². The normalized spacial score (nSPS) is 12.9. The molecule has 1 aromatic heterocycles. The van der Waals surface area contributed by atoms with E-state index in [1.54, 1.807) is 0 Å². The molecule has 0 amide bonds. The second-order valence-corrected chi connectivity index (χ2v) is 3.98. The van der Waals surface area contributed by atoms with Crippen LogP contribution in [0.2, 0.25) is 0 Å². The van der Waals surface area contributed by atoms with E-state index in [1.807, 2.05) is 26.4 Å². The molecule has 1 N–H and O–H groups in total. The molecule has 0 aliphatic rings. The number of hydrogen-bond donors (Lipinski definition) is 1. The quantitative estimate of drug-likeness (QED) is 0.687. The van der Waals surface area contributed by atoms with Gasteiger partial charge in [-0.25, -0.2) is 4.98 Å². The number of unbranched alkanes of at least 4 members (excludes halogenated alkanes) is 1. The molecule has 0 spiro atoms. The second kappa shape index (κ2) is 7.41. The fourth-order valence-corrected chi connectivity index (χ4v) is 1.68. The Morgan fingerprint density at radius 2 is 2.31 bits per heavy atom. The fraction of sp³-hybridized carbons (Fsp3) is 0.750. The number of aryl methyl sites for hydroxylation is 1. The number of hydrogen-bond acceptors (Lipinski definition) is 3. The van der Waals surface area contributed by atoms with Gasteiger partial charge in [-0.05, 0) is 33.2 Å². The molecule has 0 fully saturated rings. The molecule has 0 saturated heterocycles. The second-order valence-electron chi connectivity index (χ2n) is 3.98. The van der Waals surface area contributed by atoms with Crippen LogP contribution < -0.4 is 5.32 Å². The third kappa shape index (κ3) is 4.33. The Kier molecular flexibility index (Phi) is 6.11. The number of aromatic nitrogens is 2. The van der Waals surface area contributed by atoms with Gasteiger partial charge in [-0.2, -0.15) is 0 Å². The lowest BCUT2D eigenvalue weighted by atomic mass is 10.2. The first-order valence-corrected chi connectivity index (χ1v) is 6.04. The molecule has 0 saturated carbocycles. The average molecular weight is 225 g/mol. The molecule has 1 rings (SSSR count). The van der Waals surface area contributed by atoms with Crippen LogP contribution in [0.5, 0.6) is 0 Å². The minimum atomic E-state index is 0.312. The fourth-order valence-electron chi connectivity index (χ4n) is 1.68. The van der Waals surface area contributed by atoms with E-state index in [1.165, 1.54) is 0 Å². The lowest BCUT2D eigenvalue weighted by Crippen LogP contribution is -2.22. The van der Waals surface area contributed by atoms with Crippen molar-refractivity contribution in [3.63, 3.8) is 0 Å². The van der Waals surface area contributed by atoms with Gasteiger partial charge in [0.1, 0.15) is 5.82 Å². The van der Waals surface area contributed by atoms with E-state index in [0.717, 1.165) is 38.4 Å². The van der Waals surface area contributed by atoms with Crippen molar-refractivity contribution in [2.45, 2.75) is 32.7 Å². The first-order valence-electron chi connectivity index (χ1n) is 6.04. The van der Waals surface area contributed by atoms with E-state index in [0.29, 0.717) is 6.04 Å². The highest BCUT2D eigenvalue weighted by molar-refractivity contribution is 4.96. The molecule has 16 heavy (non-hydrogen) atoms. The molecule has 0 bridgehead atoms. The number of rotatable bonds is 8. The summed E-state index contributed by atoms with van der Waals surface area (Å²) >= 11 is 0. The van der Waals surface area contributed by atoms with Gasteiger partial charge in [0.15, 0.2) is 0 Å². The molecular weight excluding hydrogens is 202 g/mol. The van der Waals surface area contributed by atoms with Gasteiger partial charge < -0.3 is 14.6 Å². The molecule has 1 aromatic rings. The average Bonchev–Trinajstić information content (AvgIpc) is 2.69. The minimum absolute atomic E-state index is 0.312. The first kappa shape index (κ1) is 13.2. The van der Waals surface area contributed by atoms with E-state index in [2.05, 4.69) is 21.8 Å². The van der Waals surface area contributed by atoms with Gasteiger partial charge >= 0.3 is 0 Å².